The maximum atomic E-state index is 11.0. The highest BCUT2D eigenvalue weighted by atomic mass is 16.5. The van der Waals surface area contributed by atoms with Crippen molar-refractivity contribution in [3.05, 3.63) is 24.3 Å². The third-order valence-corrected chi connectivity index (χ3v) is 2.40. The van der Waals surface area contributed by atoms with Gasteiger partial charge in [-0.3, -0.25) is 10.1 Å². The first-order valence-corrected chi connectivity index (χ1v) is 4.93. The lowest BCUT2D eigenvalue weighted by Crippen LogP contribution is -2.37. The Bertz CT molecular complexity index is 425. The SMILES string of the molecule is COc1ccc(N(C)C2=NCC(=O)N2)cc1. The molecule has 0 atom stereocenters. The molecule has 1 N–H and O–H groups in total. The van der Waals surface area contributed by atoms with Gasteiger partial charge in [0.05, 0.1) is 7.11 Å². The molecule has 5 nitrogen and oxygen atoms in total. The number of anilines is 1. The van der Waals surface area contributed by atoms with Gasteiger partial charge in [0.25, 0.3) is 0 Å². The zero-order chi connectivity index (χ0) is 11.5. The van der Waals surface area contributed by atoms with Crippen molar-refractivity contribution in [2.45, 2.75) is 0 Å². The smallest absolute Gasteiger partial charge is 0.248 e. The summed E-state index contributed by atoms with van der Waals surface area (Å²) in [6.07, 6.45) is 0. The second-order valence-electron chi connectivity index (χ2n) is 3.45. The van der Waals surface area contributed by atoms with Crippen LogP contribution in [-0.2, 0) is 4.79 Å². The summed E-state index contributed by atoms with van der Waals surface area (Å²) >= 11 is 0. The second kappa shape index (κ2) is 4.22. The number of nitrogens with zero attached hydrogens (tertiary/aromatic N) is 2. The third-order valence-electron chi connectivity index (χ3n) is 2.40. The van der Waals surface area contributed by atoms with E-state index in [4.69, 9.17) is 4.74 Å². The monoisotopic (exact) mass is 219 g/mol. The molecule has 0 saturated carbocycles. The van der Waals surface area contributed by atoms with Crippen LogP contribution in [0.1, 0.15) is 0 Å². The Balaban J connectivity index is 2.14. The Morgan fingerprint density at radius 1 is 1.38 bits per heavy atom. The predicted molar refractivity (Wildman–Crippen MR) is 61.8 cm³/mol. The number of nitrogens with one attached hydrogen (secondary N) is 1. The highest BCUT2D eigenvalue weighted by Crippen LogP contribution is 2.18. The lowest BCUT2D eigenvalue weighted by molar-refractivity contribution is -0.117. The molecule has 16 heavy (non-hydrogen) atoms. The largest absolute Gasteiger partial charge is 0.497 e. The highest BCUT2D eigenvalue weighted by Gasteiger charge is 2.17. The van der Waals surface area contributed by atoms with Crippen molar-refractivity contribution in [1.29, 1.82) is 0 Å². The molecule has 0 bridgehead atoms. The molecule has 0 fully saturated rings. The zero-order valence-corrected chi connectivity index (χ0v) is 9.23. The molecule has 5 heteroatoms. The van der Waals surface area contributed by atoms with Gasteiger partial charge in [-0.25, -0.2) is 4.99 Å². The van der Waals surface area contributed by atoms with E-state index in [1.807, 2.05) is 36.2 Å². The normalized spacial score (nSPS) is 14.4. The van der Waals surface area contributed by atoms with Crippen LogP contribution in [0.5, 0.6) is 5.75 Å². The van der Waals surface area contributed by atoms with E-state index in [2.05, 4.69) is 10.3 Å². The van der Waals surface area contributed by atoms with Crippen LogP contribution < -0.4 is 15.0 Å². The molecule has 0 saturated heterocycles. The number of rotatable bonds is 2. The molecule has 2 rings (SSSR count). The van der Waals surface area contributed by atoms with E-state index in [1.165, 1.54) is 0 Å². The van der Waals surface area contributed by atoms with Crippen LogP contribution in [0.4, 0.5) is 5.69 Å². The van der Waals surface area contributed by atoms with E-state index >= 15 is 0 Å². The Kier molecular flexibility index (Phi) is 2.76. The van der Waals surface area contributed by atoms with Crippen LogP contribution in [-0.4, -0.2) is 32.6 Å². The van der Waals surface area contributed by atoms with Crippen molar-refractivity contribution in [1.82, 2.24) is 5.32 Å². The standard InChI is InChI=1S/C11H13N3O2/c1-14(11-12-7-10(15)13-11)8-3-5-9(16-2)6-4-8/h3-6H,7H2,1-2H3,(H,12,13,15). The van der Waals surface area contributed by atoms with Crippen LogP contribution >= 0.6 is 0 Å². The van der Waals surface area contributed by atoms with E-state index in [1.54, 1.807) is 7.11 Å². The van der Waals surface area contributed by atoms with Gasteiger partial charge < -0.3 is 9.64 Å². The van der Waals surface area contributed by atoms with Gasteiger partial charge in [0, 0.05) is 12.7 Å². The molecule has 1 aliphatic heterocycles. The first-order valence-electron chi connectivity index (χ1n) is 4.93. The summed E-state index contributed by atoms with van der Waals surface area (Å²) in [5.41, 5.74) is 0.946. The molecule has 0 aromatic heterocycles. The topological polar surface area (TPSA) is 53.9 Å². The summed E-state index contributed by atoms with van der Waals surface area (Å²) in [5.74, 6) is 1.31. The predicted octanol–water partition coefficient (Wildman–Crippen LogP) is 0.617. The van der Waals surface area contributed by atoms with Crippen molar-refractivity contribution < 1.29 is 9.53 Å². The van der Waals surface area contributed by atoms with Crippen molar-refractivity contribution >= 4 is 17.6 Å². The summed E-state index contributed by atoms with van der Waals surface area (Å²) in [5, 5.41) is 2.69. The minimum atomic E-state index is -0.0737. The van der Waals surface area contributed by atoms with Gasteiger partial charge >= 0.3 is 0 Å². The first kappa shape index (κ1) is 10.5. The molecule has 1 amide bonds. The Labute approximate surface area is 93.7 Å². The van der Waals surface area contributed by atoms with E-state index in [0.29, 0.717) is 5.96 Å². The molecule has 1 heterocycles. The molecule has 1 aliphatic rings. The number of carbonyl (C=O) groups excluding carboxylic acids is 1. The zero-order valence-electron chi connectivity index (χ0n) is 9.23. The average Bonchev–Trinajstić information content (AvgIpc) is 2.75. The number of methoxy groups -OCH3 is 1. The Hall–Kier alpha value is -2.04. The highest BCUT2D eigenvalue weighted by molar-refractivity contribution is 6.09. The molecule has 1 aromatic rings. The van der Waals surface area contributed by atoms with Gasteiger partial charge in [0.1, 0.15) is 12.3 Å². The summed E-state index contributed by atoms with van der Waals surface area (Å²) in [6, 6.07) is 7.55. The van der Waals surface area contributed by atoms with Crippen LogP contribution in [0.2, 0.25) is 0 Å². The summed E-state index contributed by atoms with van der Waals surface area (Å²) in [7, 11) is 3.48. The van der Waals surface area contributed by atoms with E-state index in [-0.39, 0.29) is 12.5 Å². The Morgan fingerprint density at radius 3 is 2.56 bits per heavy atom. The van der Waals surface area contributed by atoms with Crippen molar-refractivity contribution in [2.24, 2.45) is 4.99 Å². The molecule has 0 unspecified atom stereocenters. The average molecular weight is 219 g/mol. The summed E-state index contributed by atoms with van der Waals surface area (Å²) in [6.45, 7) is 0.204. The van der Waals surface area contributed by atoms with E-state index in [0.717, 1.165) is 11.4 Å². The number of ether oxygens (including phenoxy) is 1. The number of aliphatic imine (C=N–C) groups is 1. The minimum absolute atomic E-state index is 0.0737. The summed E-state index contributed by atoms with van der Waals surface area (Å²) in [4.78, 5) is 16.9. The number of carbonyl (C=O) groups is 1. The fourth-order valence-electron chi connectivity index (χ4n) is 1.47. The minimum Gasteiger partial charge on any atom is -0.497 e. The van der Waals surface area contributed by atoms with Gasteiger partial charge in [-0.15, -0.1) is 0 Å². The van der Waals surface area contributed by atoms with Gasteiger partial charge in [-0.2, -0.15) is 0 Å². The second-order valence-corrected chi connectivity index (χ2v) is 3.45. The number of benzene rings is 1. The van der Waals surface area contributed by atoms with Gasteiger partial charge in [-0.05, 0) is 24.3 Å². The van der Waals surface area contributed by atoms with Gasteiger partial charge in [-0.1, -0.05) is 0 Å². The van der Waals surface area contributed by atoms with Crippen LogP contribution in [0.15, 0.2) is 29.3 Å². The maximum absolute atomic E-state index is 11.0. The number of guanidine groups is 1. The fourth-order valence-corrected chi connectivity index (χ4v) is 1.47. The third kappa shape index (κ3) is 1.98. The number of amides is 1. The molecule has 1 aromatic carbocycles. The van der Waals surface area contributed by atoms with Crippen molar-refractivity contribution in [3.8, 4) is 5.75 Å². The molecule has 0 aliphatic carbocycles. The summed E-state index contributed by atoms with van der Waals surface area (Å²) < 4.78 is 5.07. The Morgan fingerprint density at radius 2 is 2.06 bits per heavy atom. The van der Waals surface area contributed by atoms with Gasteiger partial charge in [0.2, 0.25) is 11.9 Å². The van der Waals surface area contributed by atoms with E-state index in [9.17, 15) is 4.79 Å². The molecule has 0 radical (unpaired) electrons. The van der Waals surface area contributed by atoms with Crippen molar-refractivity contribution in [2.75, 3.05) is 25.6 Å². The lowest BCUT2D eigenvalue weighted by Gasteiger charge is -2.18. The quantitative estimate of drug-likeness (QED) is 0.793. The maximum Gasteiger partial charge on any atom is 0.248 e. The molecule has 0 spiro atoms. The van der Waals surface area contributed by atoms with Crippen LogP contribution in [0.25, 0.3) is 0 Å². The van der Waals surface area contributed by atoms with Crippen LogP contribution in [0.3, 0.4) is 0 Å². The lowest BCUT2D eigenvalue weighted by atomic mass is 10.3. The molecular weight excluding hydrogens is 206 g/mol. The van der Waals surface area contributed by atoms with E-state index < -0.39 is 0 Å². The van der Waals surface area contributed by atoms with Crippen molar-refractivity contribution in [3.63, 3.8) is 0 Å². The molecule has 84 valence electrons. The number of hydrogen-bond acceptors (Lipinski definition) is 4. The van der Waals surface area contributed by atoms with Gasteiger partial charge in [0.15, 0.2) is 0 Å². The van der Waals surface area contributed by atoms with Crippen LogP contribution in [0, 0.1) is 0 Å². The number of hydrogen-bond donors (Lipinski definition) is 1. The first-order chi connectivity index (χ1) is 7.70. The molecular formula is C11H13N3O2. The fraction of sp³-hybridized carbons (Fsp3) is 0.273.